The molecule has 0 aromatic carbocycles. The smallest absolute Gasteiger partial charge is 0.245 e. The van der Waals surface area contributed by atoms with Crippen LogP contribution in [0, 0.1) is 0 Å². The standard InChI is InChI=1S/C7H7N5OS/c8-5(13)3-1-4-9-6-7(11-12-10-6)14(4)2-3/h1H,2H2,(H2,8,13)(H2,9,10,11,12). The SMILES string of the molecule is NC(=O)C1=CC2=S(C1)c1n[nH]nc1N2. The van der Waals surface area contributed by atoms with Gasteiger partial charge in [0.05, 0.1) is 4.99 Å². The second kappa shape index (κ2) is 2.44. The predicted molar refractivity (Wildman–Crippen MR) is 53.0 cm³/mol. The van der Waals surface area contributed by atoms with Gasteiger partial charge in [-0.15, -0.1) is 20.7 Å². The van der Waals surface area contributed by atoms with Crippen LogP contribution >= 0.6 is 10.5 Å². The quantitative estimate of drug-likeness (QED) is 0.539. The summed E-state index contributed by atoms with van der Waals surface area (Å²) in [6.07, 6.45) is 1.80. The summed E-state index contributed by atoms with van der Waals surface area (Å²) in [7, 11) is -0.155. The van der Waals surface area contributed by atoms with Gasteiger partial charge < -0.3 is 11.1 Å². The second-order valence-corrected chi connectivity index (χ2v) is 4.93. The molecule has 72 valence electrons. The number of H-pyrrole nitrogens is 1. The average Bonchev–Trinajstić information content (AvgIpc) is 2.70. The zero-order valence-electron chi connectivity index (χ0n) is 7.07. The molecule has 0 radical (unpaired) electrons. The largest absolute Gasteiger partial charge is 0.366 e. The summed E-state index contributed by atoms with van der Waals surface area (Å²) in [4.78, 5) is 12.0. The molecule has 2 aliphatic rings. The Kier molecular flexibility index (Phi) is 1.35. The molecule has 0 aliphatic carbocycles. The molecule has 1 unspecified atom stereocenters. The lowest BCUT2D eigenvalue weighted by atomic mass is 10.3. The molecule has 0 saturated heterocycles. The Morgan fingerprint density at radius 1 is 1.57 bits per heavy atom. The van der Waals surface area contributed by atoms with Crippen molar-refractivity contribution in [1.29, 1.82) is 0 Å². The lowest BCUT2D eigenvalue weighted by molar-refractivity contribution is -0.114. The van der Waals surface area contributed by atoms with Gasteiger partial charge in [-0.25, -0.2) is 0 Å². The number of rotatable bonds is 1. The van der Waals surface area contributed by atoms with E-state index in [1.54, 1.807) is 6.08 Å². The number of nitrogens with two attached hydrogens (primary N) is 1. The number of anilines is 1. The molecular weight excluding hydrogens is 202 g/mol. The minimum absolute atomic E-state index is 0.155. The van der Waals surface area contributed by atoms with Crippen molar-refractivity contribution in [2.45, 2.75) is 5.03 Å². The Labute approximate surface area is 81.5 Å². The number of aromatic amines is 1. The average molecular weight is 209 g/mol. The lowest BCUT2D eigenvalue weighted by Gasteiger charge is -1.97. The number of hydrogen-bond acceptors (Lipinski definition) is 4. The Morgan fingerprint density at radius 3 is 3.21 bits per heavy atom. The molecule has 1 atom stereocenters. The topological polar surface area (TPSA) is 96.7 Å². The van der Waals surface area contributed by atoms with Gasteiger partial charge in [-0.2, -0.15) is 5.21 Å². The molecule has 1 aromatic heterocycles. The number of carbonyl (C=O) groups excluding carboxylic acids is 1. The molecule has 1 aromatic rings. The van der Waals surface area contributed by atoms with Crippen LogP contribution in [0.4, 0.5) is 5.82 Å². The fourth-order valence-corrected chi connectivity index (χ4v) is 3.53. The highest BCUT2D eigenvalue weighted by Gasteiger charge is 2.29. The molecule has 3 rings (SSSR count). The molecule has 1 amide bonds. The van der Waals surface area contributed by atoms with Crippen LogP contribution < -0.4 is 11.1 Å². The van der Waals surface area contributed by atoms with E-state index in [-0.39, 0.29) is 16.4 Å². The first kappa shape index (κ1) is 7.74. The lowest BCUT2D eigenvalue weighted by Crippen LogP contribution is -2.15. The van der Waals surface area contributed by atoms with Crippen LogP contribution in [-0.2, 0) is 4.79 Å². The van der Waals surface area contributed by atoms with Gasteiger partial charge in [-0.05, 0) is 6.08 Å². The van der Waals surface area contributed by atoms with Crippen molar-refractivity contribution in [1.82, 2.24) is 15.4 Å². The van der Waals surface area contributed by atoms with Crippen LogP contribution in [0.2, 0.25) is 0 Å². The summed E-state index contributed by atoms with van der Waals surface area (Å²) in [5.74, 6) is 1.06. The van der Waals surface area contributed by atoms with Gasteiger partial charge in [0.15, 0.2) is 10.8 Å². The van der Waals surface area contributed by atoms with Gasteiger partial charge in [0.2, 0.25) is 5.91 Å². The summed E-state index contributed by atoms with van der Waals surface area (Å²) in [6.45, 7) is 0. The van der Waals surface area contributed by atoms with E-state index in [0.717, 1.165) is 15.8 Å². The third kappa shape index (κ3) is 0.869. The molecule has 4 N–H and O–H groups in total. The first-order valence-corrected chi connectivity index (χ1v) is 5.41. The zero-order chi connectivity index (χ0) is 9.71. The highest BCUT2D eigenvalue weighted by molar-refractivity contribution is 8.17. The number of nitrogens with zero attached hydrogens (tertiary/aromatic N) is 2. The molecule has 14 heavy (non-hydrogen) atoms. The minimum atomic E-state index is -0.355. The maximum atomic E-state index is 11.0. The van der Waals surface area contributed by atoms with Crippen molar-refractivity contribution >= 4 is 27.2 Å². The highest BCUT2D eigenvalue weighted by atomic mass is 32.2. The fraction of sp³-hybridized carbons (Fsp3) is 0.143. The monoisotopic (exact) mass is 209 g/mol. The zero-order valence-corrected chi connectivity index (χ0v) is 7.89. The van der Waals surface area contributed by atoms with Crippen LogP contribution in [0.3, 0.4) is 0 Å². The third-order valence-electron chi connectivity index (χ3n) is 2.18. The molecule has 0 bridgehead atoms. The van der Waals surface area contributed by atoms with Crippen LogP contribution in [0.25, 0.3) is 0 Å². The molecule has 7 heteroatoms. The maximum absolute atomic E-state index is 11.0. The molecular formula is C7H7N5OS. The van der Waals surface area contributed by atoms with E-state index in [0.29, 0.717) is 11.3 Å². The van der Waals surface area contributed by atoms with E-state index < -0.39 is 0 Å². The highest BCUT2D eigenvalue weighted by Crippen LogP contribution is 2.41. The summed E-state index contributed by atoms with van der Waals surface area (Å²) in [5, 5.41) is 14.5. The normalized spacial score (nSPS) is 22.7. The molecule has 2 aliphatic heterocycles. The Hall–Kier alpha value is -1.63. The number of fused-ring (bicyclic) bond motifs is 2. The molecule has 0 spiro atoms. The van der Waals surface area contributed by atoms with Gasteiger partial charge in [-0.1, -0.05) is 0 Å². The predicted octanol–water partition coefficient (Wildman–Crippen LogP) is -0.587. The van der Waals surface area contributed by atoms with Gasteiger partial charge in [0, 0.05) is 11.3 Å². The molecule has 0 saturated carbocycles. The summed E-state index contributed by atoms with van der Waals surface area (Å²) >= 11 is 0. The van der Waals surface area contributed by atoms with Crippen LogP contribution in [0.1, 0.15) is 0 Å². The van der Waals surface area contributed by atoms with Crippen molar-refractivity contribution < 1.29 is 4.79 Å². The third-order valence-corrected chi connectivity index (χ3v) is 4.28. The summed E-state index contributed by atoms with van der Waals surface area (Å²) in [6, 6.07) is 0. The first-order chi connectivity index (χ1) is 6.75. The van der Waals surface area contributed by atoms with Crippen molar-refractivity contribution in [3.05, 3.63) is 11.6 Å². The number of primary amides is 1. The van der Waals surface area contributed by atoms with Crippen molar-refractivity contribution in [3.8, 4) is 0 Å². The van der Waals surface area contributed by atoms with Crippen molar-refractivity contribution in [2.24, 2.45) is 5.73 Å². The van der Waals surface area contributed by atoms with Crippen molar-refractivity contribution in [2.75, 3.05) is 11.1 Å². The van der Waals surface area contributed by atoms with Crippen LogP contribution in [0.15, 0.2) is 16.7 Å². The second-order valence-electron chi connectivity index (χ2n) is 3.04. The van der Waals surface area contributed by atoms with E-state index in [1.807, 2.05) is 0 Å². The Bertz CT molecular complexity index is 500. The Morgan fingerprint density at radius 2 is 2.43 bits per heavy atom. The first-order valence-electron chi connectivity index (χ1n) is 4.02. The number of nitrogens with one attached hydrogen (secondary N) is 2. The van der Waals surface area contributed by atoms with Gasteiger partial charge in [0.25, 0.3) is 0 Å². The van der Waals surface area contributed by atoms with E-state index in [1.165, 1.54) is 0 Å². The van der Waals surface area contributed by atoms with Gasteiger partial charge in [-0.3, -0.25) is 4.79 Å². The van der Waals surface area contributed by atoms with E-state index in [2.05, 4.69) is 20.7 Å². The van der Waals surface area contributed by atoms with Crippen LogP contribution in [-0.4, -0.2) is 32.1 Å². The van der Waals surface area contributed by atoms with Crippen LogP contribution in [0.5, 0.6) is 0 Å². The summed E-state index contributed by atoms with van der Waals surface area (Å²) < 4.78 is 0. The molecule has 6 nitrogen and oxygen atoms in total. The number of carbonyl (C=O) groups is 1. The number of hydrogen-bond donors (Lipinski definition) is 3. The maximum Gasteiger partial charge on any atom is 0.245 e. The van der Waals surface area contributed by atoms with E-state index in [4.69, 9.17) is 5.73 Å². The molecule has 0 fully saturated rings. The van der Waals surface area contributed by atoms with Crippen molar-refractivity contribution in [3.63, 3.8) is 0 Å². The van der Waals surface area contributed by atoms with E-state index >= 15 is 0 Å². The van der Waals surface area contributed by atoms with E-state index in [9.17, 15) is 4.79 Å². The molecule has 3 heterocycles. The van der Waals surface area contributed by atoms with Gasteiger partial charge in [0.1, 0.15) is 0 Å². The number of amides is 1. The number of aromatic nitrogens is 3. The minimum Gasteiger partial charge on any atom is -0.366 e. The van der Waals surface area contributed by atoms with Gasteiger partial charge >= 0.3 is 0 Å². The Balaban J connectivity index is 2.01. The fourth-order valence-electron chi connectivity index (χ4n) is 1.51. The summed E-state index contributed by atoms with van der Waals surface area (Å²) in [5.41, 5.74) is 5.87.